The molecule has 0 aliphatic heterocycles. The van der Waals surface area contributed by atoms with E-state index >= 15 is 0 Å². The number of ether oxygens (including phenoxy) is 1. The second kappa shape index (κ2) is 7.62. The molecular formula is C18H18N4O3. The van der Waals surface area contributed by atoms with Crippen molar-refractivity contribution in [2.45, 2.75) is 37.8 Å². The van der Waals surface area contributed by atoms with E-state index < -0.39 is 0 Å². The van der Waals surface area contributed by atoms with Gasteiger partial charge in [0.05, 0.1) is 11.1 Å². The van der Waals surface area contributed by atoms with Crippen molar-refractivity contribution in [3.8, 4) is 11.9 Å². The summed E-state index contributed by atoms with van der Waals surface area (Å²) in [5.74, 6) is 0.328. The van der Waals surface area contributed by atoms with Crippen LogP contribution in [-0.4, -0.2) is 28.0 Å². The Kier molecular flexibility index (Phi) is 5.09. The summed E-state index contributed by atoms with van der Waals surface area (Å²) in [4.78, 5) is 29.8. The van der Waals surface area contributed by atoms with Crippen LogP contribution in [0, 0.1) is 11.3 Å². The molecule has 2 aromatic heterocycles. The molecule has 0 unspecified atom stereocenters. The Bertz CT molecular complexity index is 810. The average Bonchev–Trinajstić information content (AvgIpc) is 2.64. The van der Waals surface area contributed by atoms with Gasteiger partial charge in [0.25, 0.3) is 5.91 Å². The molecular weight excluding hydrogens is 320 g/mol. The number of H-pyrrole nitrogens is 1. The first-order valence-electron chi connectivity index (χ1n) is 8.16. The highest BCUT2D eigenvalue weighted by atomic mass is 16.5. The molecule has 2 N–H and O–H groups in total. The molecule has 128 valence electrons. The summed E-state index contributed by atoms with van der Waals surface area (Å²) >= 11 is 0. The molecule has 1 amide bonds. The number of hydrogen-bond donors (Lipinski definition) is 2. The lowest BCUT2D eigenvalue weighted by Gasteiger charge is -2.29. The van der Waals surface area contributed by atoms with Gasteiger partial charge < -0.3 is 15.0 Å². The molecule has 0 atom stereocenters. The Labute approximate surface area is 144 Å². The van der Waals surface area contributed by atoms with E-state index in [0.29, 0.717) is 17.0 Å². The molecule has 1 aliphatic rings. The molecule has 0 bridgehead atoms. The van der Waals surface area contributed by atoms with Crippen LogP contribution in [0.25, 0.3) is 0 Å². The molecule has 2 aromatic rings. The average molecular weight is 338 g/mol. The first-order valence-corrected chi connectivity index (χ1v) is 8.16. The zero-order valence-electron chi connectivity index (χ0n) is 13.6. The van der Waals surface area contributed by atoms with Gasteiger partial charge in [-0.1, -0.05) is 0 Å². The van der Waals surface area contributed by atoms with Gasteiger partial charge in [-0.3, -0.25) is 9.59 Å². The fraction of sp³-hybridized carbons (Fsp3) is 0.333. The van der Waals surface area contributed by atoms with Crippen LogP contribution in [0.4, 0.5) is 0 Å². The van der Waals surface area contributed by atoms with Gasteiger partial charge in [0.15, 0.2) is 0 Å². The van der Waals surface area contributed by atoms with E-state index in [4.69, 9.17) is 10.00 Å². The SMILES string of the molecule is N#Cc1ccc(OC2CCC(NC(=O)c3ccc(=O)[nH]c3)CC2)nc1. The topological polar surface area (TPSA) is 108 Å². The fourth-order valence-electron chi connectivity index (χ4n) is 2.83. The van der Waals surface area contributed by atoms with Crippen LogP contribution in [0.3, 0.4) is 0 Å². The third-order valence-corrected chi connectivity index (χ3v) is 4.21. The number of carbonyl (C=O) groups is 1. The van der Waals surface area contributed by atoms with Crippen LogP contribution in [0.2, 0.25) is 0 Å². The second-order valence-corrected chi connectivity index (χ2v) is 6.00. The lowest BCUT2D eigenvalue weighted by atomic mass is 9.92. The monoisotopic (exact) mass is 338 g/mol. The highest BCUT2D eigenvalue weighted by Crippen LogP contribution is 2.23. The van der Waals surface area contributed by atoms with E-state index in [1.165, 1.54) is 24.5 Å². The molecule has 0 radical (unpaired) electrons. The van der Waals surface area contributed by atoms with Crippen molar-refractivity contribution in [3.63, 3.8) is 0 Å². The molecule has 0 spiro atoms. The number of carbonyl (C=O) groups excluding carboxylic acids is 1. The first-order chi connectivity index (χ1) is 12.1. The largest absolute Gasteiger partial charge is 0.474 e. The van der Waals surface area contributed by atoms with Gasteiger partial charge in [-0.05, 0) is 37.8 Å². The third-order valence-electron chi connectivity index (χ3n) is 4.21. The number of nitrogens with one attached hydrogen (secondary N) is 2. The van der Waals surface area contributed by atoms with Crippen molar-refractivity contribution in [3.05, 3.63) is 58.1 Å². The molecule has 1 aliphatic carbocycles. The number of hydrogen-bond acceptors (Lipinski definition) is 5. The molecule has 3 rings (SSSR count). The summed E-state index contributed by atoms with van der Waals surface area (Å²) in [6.07, 6.45) is 6.23. The maximum Gasteiger partial charge on any atom is 0.252 e. The summed E-state index contributed by atoms with van der Waals surface area (Å²) < 4.78 is 5.83. The number of amides is 1. The molecule has 1 fully saturated rings. The number of aromatic nitrogens is 2. The summed E-state index contributed by atoms with van der Waals surface area (Å²) in [7, 11) is 0. The molecule has 25 heavy (non-hydrogen) atoms. The number of nitrogens with zero attached hydrogens (tertiary/aromatic N) is 2. The van der Waals surface area contributed by atoms with Crippen molar-refractivity contribution in [2.75, 3.05) is 0 Å². The van der Waals surface area contributed by atoms with Gasteiger partial charge in [0, 0.05) is 30.6 Å². The zero-order chi connectivity index (χ0) is 17.6. The lowest BCUT2D eigenvalue weighted by Crippen LogP contribution is -2.39. The molecule has 0 aromatic carbocycles. The molecule has 0 saturated heterocycles. The Morgan fingerprint density at radius 3 is 2.64 bits per heavy atom. The maximum atomic E-state index is 12.2. The van der Waals surface area contributed by atoms with Gasteiger partial charge in [-0.15, -0.1) is 0 Å². The summed E-state index contributed by atoms with van der Waals surface area (Å²) in [6.45, 7) is 0. The van der Waals surface area contributed by atoms with Crippen molar-refractivity contribution >= 4 is 5.91 Å². The summed E-state index contributed by atoms with van der Waals surface area (Å²) in [6, 6.07) is 8.34. The third kappa shape index (κ3) is 4.44. The van der Waals surface area contributed by atoms with Gasteiger partial charge >= 0.3 is 0 Å². The normalized spacial score (nSPS) is 19.6. The predicted molar refractivity (Wildman–Crippen MR) is 90.2 cm³/mol. The Morgan fingerprint density at radius 2 is 2.04 bits per heavy atom. The van der Waals surface area contributed by atoms with Gasteiger partial charge in [-0.2, -0.15) is 5.26 Å². The minimum Gasteiger partial charge on any atom is -0.474 e. The minimum absolute atomic E-state index is 0.0571. The molecule has 2 heterocycles. The van der Waals surface area contributed by atoms with E-state index in [2.05, 4.69) is 15.3 Å². The summed E-state index contributed by atoms with van der Waals surface area (Å²) in [5, 5.41) is 11.8. The Hall–Kier alpha value is -3.14. The lowest BCUT2D eigenvalue weighted by molar-refractivity contribution is 0.0890. The van der Waals surface area contributed by atoms with E-state index in [1.807, 2.05) is 6.07 Å². The Morgan fingerprint density at radius 1 is 1.24 bits per heavy atom. The number of aromatic amines is 1. The summed E-state index contributed by atoms with van der Waals surface area (Å²) in [5.41, 5.74) is 0.714. The molecule has 1 saturated carbocycles. The molecule has 7 heteroatoms. The van der Waals surface area contributed by atoms with Crippen LogP contribution in [-0.2, 0) is 0 Å². The predicted octanol–water partition coefficient (Wildman–Crippen LogP) is 1.76. The van der Waals surface area contributed by atoms with Crippen LogP contribution in [0.15, 0.2) is 41.5 Å². The van der Waals surface area contributed by atoms with Gasteiger partial charge in [0.1, 0.15) is 12.2 Å². The Balaban J connectivity index is 1.48. The van der Waals surface area contributed by atoms with E-state index in [1.54, 1.807) is 12.1 Å². The standard InChI is InChI=1S/C18H18N4O3/c19-9-12-1-8-17(21-10-12)25-15-5-3-14(4-6-15)22-18(24)13-2-7-16(23)20-11-13/h1-2,7-8,10-11,14-15H,3-6H2,(H,20,23)(H,22,24). The van der Waals surface area contributed by atoms with Crippen LogP contribution < -0.4 is 15.6 Å². The van der Waals surface area contributed by atoms with Crippen LogP contribution >= 0.6 is 0 Å². The van der Waals surface area contributed by atoms with Crippen molar-refractivity contribution in [1.82, 2.24) is 15.3 Å². The number of nitriles is 1. The van der Waals surface area contributed by atoms with E-state index in [9.17, 15) is 9.59 Å². The van der Waals surface area contributed by atoms with Crippen molar-refractivity contribution < 1.29 is 9.53 Å². The first kappa shape index (κ1) is 16.7. The maximum absolute atomic E-state index is 12.2. The highest BCUT2D eigenvalue weighted by Gasteiger charge is 2.24. The fourth-order valence-corrected chi connectivity index (χ4v) is 2.83. The number of rotatable bonds is 4. The number of pyridine rings is 2. The zero-order valence-corrected chi connectivity index (χ0v) is 13.6. The highest BCUT2D eigenvalue weighted by molar-refractivity contribution is 5.93. The van der Waals surface area contributed by atoms with Crippen molar-refractivity contribution in [1.29, 1.82) is 5.26 Å². The second-order valence-electron chi connectivity index (χ2n) is 6.00. The van der Waals surface area contributed by atoms with Crippen LogP contribution in [0.5, 0.6) is 5.88 Å². The van der Waals surface area contributed by atoms with E-state index in [0.717, 1.165) is 25.7 Å². The smallest absolute Gasteiger partial charge is 0.252 e. The van der Waals surface area contributed by atoms with Gasteiger partial charge in [-0.25, -0.2) is 4.98 Å². The van der Waals surface area contributed by atoms with Crippen LogP contribution in [0.1, 0.15) is 41.6 Å². The van der Waals surface area contributed by atoms with E-state index in [-0.39, 0.29) is 23.6 Å². The quantitative estimate of drug-likeness (QED) is 0.883. The van der Waals surface area contributed by atoms with Crippen molar-refractivity contribution in [2.24, 2.45) is 0 Å². The molecule has 7 nitrogen and oxygen atoms in total. The minimum atomic E-state index is -0.231. The van der Waals surface area contributed by atoms with Gasteiger partial charge in [0.2, 0.25) is 11.4 Å².